The molecule has 0 aliphatic carbocycles. The van der Waals surface area contributed by atoms with E-state index in [1.165, 1.54) is 11.3 Å². The molecule has 28 heavy (non-hydrogen) atoms. The third-order valence-corrected chi connectivity index (χ3v) is 3.94. The molecule has 0 aliphatic rings. The molecule has 0 radical (unpaired) electrons. The number of aromatic nitrogens is 2. The summed E-state index contributed by atoms with van der Waals surface area (Å²) in [5.74, 6) is 0.786. The predicted molar refractivity (Wildman–Crippen MR) is 125 cm³/mol. The molecule has 0 atom stereocenters. The molecule has 0 saturated heterocycles. The molecule has 1 heterocycles. The summed E-state index contributed by atoms with van der Waals surface area (Å²) in [5.41, 5.74) is 3.08. The fraction of sp³-hybridized carbons (Fsp3) is 0.737. The van der Waals surface area contributed by atoms with Crippen LogP contribution in [0.4, 0.5) is 4.79 Å². The van der Waals surface area contributed by atoms with E-state index in [0.29, 0.717) is 13.1 Å². The van der Waals surface area contributed by atoms with Crippen molar-refractivity contribution < 1.29 is 9.53 Å². The van der Waals surface area contributed by atoms with Gasteiger partial charge in [-0.05, 0) is 59.9 Å². The first-order chi connectivity index (χ1) is 12.6. The average Bonchev–Trinajstić information content (AvgIpc) is 2.78. The van der Waals surface area contributed by atoms with Crippen molar-refractivity contribution in [3.8, 4) is 0 Å². The second kappa shape index (κ2) is 12.8. The van der Waals surface area contributed by atoms with E-state index in [-0.39, 0.29) is 24.0 Å². The minimum atomic E-state index is -0.477. The molecule has 1 rings (SSSR count). The largest absolute Gasteiger partial charge is 0.444 e. The molecule has 1 amide bonds. The Balaban J connectivity index is 0.00000729. The molecule has 1 aromatic heterocycles. The first kappa shape index (κ1) is 26.5. The normalized spacial score (nSPS) is 11.6. The lowest BCUT2D eigenvalue weighted by Crippen LogP contribution is -2.38. The Morgan fingerprint density at radius 2 is 1.86 bits per heavy atom. The fourth-order valence-electron chi connectivity index (χ4n) is 2.60. The van der Waals surface area contributed by atoms with Crippen LogP contribution in [0.25, 0.3) is 0 Å². The Morgan fingerprint density at radius 1 is 1.18 bits per heavy atom. The molecule has 0 unspecified atom stereocenters. The minimum absolute atomic E-state index is 0. The summed E-state index contributed by atoms with van der Waals surface area (Å²) in [4.78, 5) is 16.1. The summed E-state index contributed by atoms with van der Waals surface area (Å²) in [6.07, 6.45) is 1.26. The molecule has 162 valence electrons. The van der Waals surface area contributed by atoms with E-state index in [9.17, 15) is 4.79 Å². The van der Waals surface area contributed by atoms with Gasteiger partial charge in [0, 0.05) is 38.9 Å². The van der Waals surface area contributed by atoms with Crippen molar-refractivity contribution in [1.29, 1.82) is 0 Å². The summed E-state index contributed by atoms with van der Waals surface area (Å²) in [7, 11) is 1.97. The quantitative estimate of drug-likeness (QED) is 0.217. The number of rotatable bonds is 8. The maximum absolute atomic E-state index is 11.6. The Morgan fingerprint density at radius 3 is 2.39 bits per heavy atom. The molecule has 8 nitrogen and oxygen atoms in total. The highest BCUT2D eigenvalue weighted by atomic mass is 127. The number of amides is 1. The highest BCUT2D eigenvalue weighted by Gasteiger charge is 2.15. The van der Waals surface area contributed by atoms with E-state index < -0.39 is 11.7 Å². The highest BCUT2D eigenvalue weighted by Crippen LogP contribution is 2.11. The van der Waals surface area contributed by atoms with Gasteiger partial charge in [0.1, 0.15) is 5.60 Å². The van der Waals surface area contributed by atoms with E-state index in [4.69, 9.17) is 4.74 Å². The van der Waals surface area contributed by atoms with Gasteiger partial charge in [-0.25, -0.2) is 4.79 Å². The Bertz CT molecular complexity index is 637. The van der Waals surface area contributed by atoms with Crippen LogP contribution in [-0.2, 0) is 18.2 Å². The van der Waals surface area contributed by atoms with E-state index in [1.807, 2.05) is 46.3 Å². The van der Waals surface area contributed by atoms with Gasteiger partial charge in [0.15, 0.2) is 5.96 Å². The minimum Gasteiger partial charge on any atom is -0.444 e. The lowest BCUT2D eigenvalue weighted by atomic mass is 10.1. The molecule has 0 fully saturated rings. The second-order valence-electron chi connectivity index (χ2n) is 7.49. The van der Waals surface area contributed by atoms with Crippen molar-refractivity contribution in [3.05, 3.63) is 17.0 Å². The van der Waals surface area contributed by atoms with Gasteiger partial charge in [-0.2, -0.15) is 5.10 Å². The Labute approximate surface area is 186 Å². The van der Waals surface area contributed by atoms with Gasteiger partial charge in [0.05, 0.1) is 5.69 Å². The monoisotopic (exact) mass is 508 g/mol. The van der Waals surface area contributed by atoms with Crippen molar-refractivity contribution in [3.63, 3.8) is 0 Å². The van der Waals surface area contributed by atoms with Crippen LogP contribution in [-0.4, -0.2) is 53.6 Å². The average molecular weight is 508 g/mol. The molecule has 0 aliphatic heterocycles. The number of halogens is 1. The molecule has 3 N–H and O–H groups in total. The number of hydrogen-bond acceptors (Lipinski definition) is 4. The molecule has 0 bridgehead atoms. The number of alkyl carbamates (subject to hydrolysis) is 1. The smallest absolute Gasteiger partial charge is 0.407 e. The molecule has 9 heteroatoms. The number of guanidine groups is 1. The van der Waals surface area contributed by atoms with Crippen LogP contribution in [0.3, 0.4) is 0 Å². The van der Waals surface area contributed by atoms with Gasteiger partial charge in [0.25, 0.3) is 0 Å². The predicted octanol–water partition coefficient (Wildman–Crippen LogP) is 2.67. The van der Waals surface area contributed by atoms with Gasteiger partial charge in [-0.1, -0.05) is 0 Å². The van der Waals surface area contributed by atoms with Crippen LogP contribution in [0, 0.1) is 13.8 Å². The standard InChI is InChI=1S/C19H36N6O2.HI/c1-8-20-17(21-11-9-12-23-18(26)27-19(4,5)6)22-13-10-16-14(2)24-25(7)15(16)3;/h8-13H2,1-7H3,(H,23,26)(H2,20,21,22);1H. The molecular formula is C19H37IN6O2. The number of aryl methyl sites for hydroxylation is 2. The number of carbonyl (C=O) groups excluding carboxylic acids is 1. The van der Waals surface area contributed by atoms with E-state index in [2.05, 4.69) is 33.0 Å². The first-order valence-electron chi connectivity index (χ1n) is 9.62. The Kier molecular flexibility index (Phi) is 12.1. The number of carbonyl (C=O) groups is 1. The van der Waals surface area contributed by atoms with Gasteiger partial charge in [0.2, 0.25) is 0 Å². The zero-order valence-electron chi connectivity index (χ0n) is 18.3. The second-order valence-corrected chi connectivity index (χ2v) is 7.49. The highest BCUT2D eigenvalue weighted by molar-refractivity contribution is 14.0. The van der Waals surface area contributed by atoms with Crippen LogP contribution in [0.15, 0.2) is 4.99 Å². The van der Waals surface area contributed by atoms with Crippen LogP contribution in [0.1, 0.15) is 51.1 Å². The SMILES string of the molecule is CCNC(=NCCCNC(=O)OC(C)(C)C)NCCc1c(C)nn(C)c1C.I. The van der Waals surface area contributed by atoms with Crippen molar-refractivity contribution in [2.45, 2.75) is 60.0 Å². The zero-order chi connectivity index (χ0) is 20.4. The van der Waals surface area contributed by atoms with Crippen LogP contribution >= 0.6 is 24.0 Å². The van der Waals surface area contributed by atoms with Crippen LogP contribution in [0.2, 0.25) is 0 Å². The van der Waals surface area contributed by atoms with E-state index in [1.54, 1.807) is 0 Å². The third kappa shape index (κ3) is 10.1. The molecule has 1 aromatic rings. The molecular weight excluding hydrogens is 471 g/mol. The first-order valence-corrected chi connectivity index (χ1v) is 9.62. The maximum Gasteiger partial charge on any atom is 0.407 e. The van der Waals surface area contributed by atoms with Gasteiger partial charge in [-0.3, -0.25) is 9.67 Å². The number of nitrogens with zero attached hydrogens (tertiary/aromatic N) is 3. The number of ether oxygens (including phenoxy) is 1. The van der Waals surface area contributed by atoms with E-state index >= 15 is 0 Å². The molecule has 0 spiro atoms. The van der Waals surface area contributed by atoms with Crippen molar-refractivity contribution in [2.75, 3.05) is 26.2 Å². The lowest BCUT2D eigenvalue weighted by molar-refractivity contribution is 0.0527. The number of nitrogens with one attached hydrogen (secondary N) is 3. The summed E-state index contributed by atoms with van der Waals surface area (Å²) < 4.78 is 7.12. The zero-order valence-corrected chi connectivity index (χ0v) is 20.6. The summed E-state index contributed by atoms with van der Waals surface area (Å²) in [6.45, 7) is 14.5. The topological polar surface area (TPSA) is 92.6 Å². The van der Waals surface area contributed by atoms with Crippen LogP contribution in [0.5, 0.6) is 0 Å². The molecule has 0 saturated carbocycles. The van der Waals surface area contributed by atoms with Crippen LogP contribution < -0.4 is 16.0 Å². The van der Waals surface area contributed by atoms with Crippen molar-refractivity contribution in [1.82, 2.24) is 25.7 Å². The maximum atomic E-state index is 11.6. The number of aliphatic imine (C=N–C) groups is 1. The summed E-state index contributed by atoms with van der Waals surface area (Å²) >= 11 is 0. The van der Waals surface area contributed by atoms with Gasteiger partial charge in [-0.15, -0.1) is 24.0 Å². The van der Waals surface area contributed by atoms with Gasteiger partial charge >= 0.3 is 6.09 Å². The lowest BCUT2D eigenvalue weighted by Gasteiger charge is -2.19. The van der Waals surface area contributed by atoms with E-state index in [0.717, 1.165) is 37.6 Å². The summed E-state index contributed by atoms with van der Waals surface area (Å²) in [6, 6.07) is 0. The molecule has 0 aromatic carbocycles. The van der Waals surface area contributed by atoms with Crippen molar-refractivity contribution >= 4 is 36.0 Å². The summed E-state index contributed by atoms with van der Waals surface area (Å²) in [5, 5.41) is 13.8. The Hall–Kier alpha value is -1.52. The number of hydrogen-bond donors (Lipinski definition) is 3. The third-order valence-electron chi connectivity index (χ3n) is 3.94. The fourth-order valence-corrected chi connectivity index (χ4v) is 2.60. The van der Waals surface area contributed by atoms with Gasteiger partial charge < -0.3 is 20.7 Å². The van der Waals surface area contributed by atoms with Crippen molar-refractivity contribution in [2.24, 2.45) is 12.0 Å².